The molecule has 0 saturated carbocycles. The largest absolute Gasteiger partial charge is 0.317 e. The number of nitrogens with zero attached hydrogens (tertiary/aromatic N) is 1. The van der Waals surface area contributed by atoms with Crippen molar-refractivity contribution in [2.45, 2.75) is 4.90 Å². The Morgan fingerprint density at radius 3 is 2.25 bits per heavy atom. The summed E-state index contributed by atoms with van der Waals surface area (Å²) in [5.41, 5.74) is 0.482. The summed E-state index contributed by atoms with van der Waals surface area (Å²) in [5.74, 6) is 0. The Kier molecular flexibility index (Phi) is 4.60. The third-order valence-corrected chi connectivity index (χ3v) is 3.40. The minimum absolute atomic E-state index is 0.0200. The minimum Gasteiger partial charge on any atom is -0.317 e. The molecule has 5 nitrogen and oxygen atoms in total. The molecular weight excluding hydrogens is 300 g/mol. The Hall–Kier alpha value is -2.05. The lowest BCUT2D eigenvalue weighted by atomic mass is 10.3. The van der Waals surface area contributed by atoms with Crippen molar-refractivity contribution in [1.29, 1.82) is 0 Å². The first kappa shape index (κ1) is 14.4. The second kappa shape index (κ2) is 6.40. The Bertz CT molecular complexity index is 629. The zero-order valence-electron chi connectivity index (χ0n) is 10.1. The number of amides is 1. The molecule has 0 bridgehead atoms. The molecule has 0 aliphatic rings. The van der Waals surface area contributed by atoms with Crippen molar-refractivity contribution < 1.29 is 9.72 Å². The summed E-state index contributed by atoms with van der Waals surface area (Å²) in [6.07, 6.45) is 0. The van der Waals surface area contributed by atoms with Gasteiger partial charge in [-0.3, -0.25) is 14.9 Å². The van der Waals surface area contributed by atoms with Gasteiger partial charge in [0.1, 0.15) is 0 Å². The van der Waals surface area contributed by atoms with Crippen LogP contribution in [0.4, 0.5) is 16.2 Å². The number of carbonyl (C=O) groups is 1. The fourth-order valence-corrected chi connectivity index (χ4v) is 2.20. The van der Waals surface area contributed by atoms with E-state index in [0.29, 0.717) is 10.7 Å². The molecule has 7 heteroatoms. The van der Waals surface area contributed by atoms with Gasteiger partial charge in [0.05, 0.1) is 4.92 Å². The number of carbonyl (C=O) groups excluding carboxylic acids is 1. The number of hydrogen-bond donors (Lipinski definition) is 1. The first-order valence-electron chi connectivity index (χ1n) is 5.53. The van der Waals surface area contributed by atoms with Crippen LogP contribution in [-0.4, -0.2) is 10.2 Å². The topological polar surface area (TPSA) is 72.2 Å². The highest BCUT2D eigenvalue weighted by Gasteiger charge is 2.07. The molecule has 0 unspecified atom stereocenters. The Morgan fingerprint density at radius 2 is 1.70 bits per heavy atom. The first-order valence-corrected chi connectivity index (χ1v) is 6.73. The van der Waals surface area contributed by atoms with Gasteiger partial charge in [0.25, 0.3) is 10.9 Å². The molecule has 1 amide bonds. The van der Waals surface area contributed by atoms with Gasteiger partial charge in [-0.15, -0.1) is 0 Å². The number of nitro groups is 1. The molecule has 0 aromatic heterocycles. The van der Waals surface area contributed by atoms with Gasteiger partial charge in [0.15, 0.2) is 0 Å². The number of thioether (sulfide) groups is 1. The van der Waals surface area contributed by atoms with Crippen LogP contribution in [0.1, 0.15) is 0 Å². The van der Waals surface area contributed by atoms with Gasteiger partial charge in [-0.1, -0.05) is 11.6 Å². The lowest BCUT2D eigenvalue weighted by Crippen LogP contribution is -2.04. The van der Waals surface area contributed by atoms with Crippen molar-refractivity contribution in [2.75, 3.05) is 5.32 Å². The molecule has 2 aromatic rings. The third-order valence-electron chi connectivity index (χ3n) is 2.35. The van der Waals surface area contributed by atoms with Crippen LogP contribution in [0.15, 0.2) is 53.4 Å². The summed E-state index contributed by atoms with van der Waals surface area (Å²) >= 11 is 6.77. The highest BCUT2D eigenvalue weighted by atomic mass is 35.5. The second-order valence-corrected chi connectivity index (χ2v) is 5.26. The summed E-state index contributed by atoms with van der Waals surface area (Å²) in [7, 11) is 0. The van der Waals surface area contributed by atoms with Crippen LogP contribution in [0.25, 0.3) is 0 Å². The molecule has 0 radical (unpaired) electrons. The van der Waals surface area contributed by atoms with Crippen LogP contribution in [-0.2, 0) is 0 Å². The van der Waals surface area contributed by atoms with Gasteiger partial charge in [0.2, 0.25) is 0 Å². The van der Waals surface area contributed by atoms with E-state index in [9.17, 15) is 14.9 Å². The number of non-ortho nitro benzene ring substituents is 1. The van der Waals surface area contributed by atoms with E-state index in [1.54, 1.807) is 24.3 Å². The Balaban J connectivity index is 1.97. The van der Waals surface area contributed by atoms with Gasteiger partial charge in [0, 0.05) is 27.7 Å². The molecule has 0 spiro atoms. The first-order chi connectivity index (χ1) is 9.54. The van der Waals surface area contributed by atoms with Crippen molar-refractivity contribution in [3.63, 3.8) is 0 Å². The van der Waals surface area contributed by atoms with Crippen LogP contribution in [0.3, 0.4) is 0 Å². The van der Waals surface area contributed by atoms with Crippen molar-refractivity contribution in [3.05, 3.63) is 63.7 Å². The maximum Gasteiger partial charge on any atom is 0.288 e. The van der Waals surface area contributed by atoms with E-state index < -0.39 is 4.92 Å². The van der Waals surface area contributed by atoms with Crippen LogP contribution in [0.5, 0.6) is 0 Å². The van der Waals surface area contributed by atoms with E-state index in [0.717, 1.165) is 16.7 Å². The molecule has 2 rings (SSSR count). The van der Waals surface area contributed by atoms with E-state index in [-0.39, 0.29) is 10.9 Å². The Morgan fingerprint density at radius 1 is 1.10 bits per heavy atom. The van der Waals surface area contributed by atoms with Gasteiger partial charge in [-0.25, -0.2) is 0 Å². The van der Waals surface area contributed by atoms with Gasteiger partial charge >= 0.3 is 0 Å². The number of halogens is 1. The van der Waals surface area contributed by atoms with Crippen LogP contribution in [0.2, 0.25) is 5.02 Å². The molecule has 20 heavy (non-hydrogen) atoms. The van der Waals surface area contributed by atoms with Gasteiger partial charge < -0.3 is 5.32 Å². The average Bonchev–Trinajstić information content (AvgIpc) is 2.42. The van der Waals surface area contributed by atoms with E-state index in [1.165, 1.54) is 24.3 Å². The zero-order valence-corrected chi connectivity index (χ0v) is 11.6. The van der Waals surface area contributed by atoms with Crippen molar-refractivity contribution >= 4 is 40.0 Å². The Labute approximate surface area is 124 Å². The number of nitrogens with one attached hydrogen (secondary N) is 1. The highest BCUT2D eigenvalue weighted by Crippen LogP contribution is 2.23. The van der Waals surface area contributed by atoms with Crippen LogP contribution < -0.4 is 5.32 Å². The highest BCUT2D eigenvalue weighted by molar-refractivity contribution is 8.13. The number of rotatable bonds is 3. The lowest BCUT2D eigenvalue weighted by molar-refractivity contribution is -0.384. The predicted octanol–water partition coefficient (Wildman–Crippen LogP) is 4.57. The maximum atomic E-state index is 11.8. The quantitative estimate of drug-likeness (QED) is 0.512. The monoisotopic (exact) mass is 308 g/mol. The van der Waals surface area contributed by atoms with E-state index in [2.05, 4.69) is 5.32 Å². The normalized spacial score (nSPS) is 10.1. The maximum absolute atomic E-state index is 11.8. The number of anilines is 1. The zero-order chi connectivity index (χ0) is 14.5. The summed E-state index contributed by atoms with van der Waals surface area (Å²) in [5, 5.41) is 13.5. The smallest absolute Gasteiger partial charge is 0.288 e. The molecule has 0 saturated heterocycles. The standard InChI is InChI=1S/C13H9ClN2O3S/c14-9-1-7-12(8-2-9)20-13(17)15-10-3-5-11(6-4-10)16(18)19/h1-8H,(H,15,17). The lowest BCUT2D eigenvalue weighted by Gasteiger charge is -2.04. The summed E-state index contributed by atoms with van der Waals surface area (Å²) in [6.45, 7) is 0. The number of nitro benzene ring substituents is 1. The molecule has 0 aliphatic carbocycles. The van der Waals surface area contributed by atoms with E-state index >= 15 is 0 Å². The van der Waals surface area contributed by atoms with E-state index in [4.69, 9.17) is 11.6 Å². The molecular formula is C13H9ClN2O3S. The predicted molar refractivity (Wildman–Crippen MR) is 79.4 cm³/mol. The molecule has 1 N–H and O–H groups in total. The SMILES string of the molecule is O=C(Nc1ccc([N+](=O)[O-])cc1)Sc1ccc(Cl)cc1. The summed E-state index contributed by atoms with van der Waals surface area (Å²) in [6, 6.07) is 12.5. The summed E-state index contributed by atoms with van der Waals surface area (Å²) < 4.78 is 0. The molecule has 0 aliphatic heterocycles. The molecule has 102 valence electrons. The fourth-order valence-electron chi connectivity index (χ4n) is 1.42. The fraction of sp³-hybridized carbons (Fsp3) is 0. The van der Waals surface area contributed by atoms with Crippen molar-refractivity contribution in [3.8, 4) is 0 Å². The minimum atomic E-state index is -0.492. The third kappa shape index (κ3) is 3.97. The van der Waals surface area contributed by atoms with Crippen molar-refractivity contribution in [2.24, 2.45) is 0 Å². The molecule has 0 atom stereocenters. The van der Waals surface area contributed by atoms with Crippen LogP contribution in [0, 0.1) is 10.1 Å². The van der Waals surface area contributed by atoms with Crippen molar-refractivity contribution in [1.82, 2.24) is 0 Å². The van der Waals surface area contributed by atoms with Gasteiger partial charge in [-0.2, -0.15) is 0 Å². The molecule has 2 aromatic carbocycles. The molecule has 0 heterocycles. The van der Waals surface area contributed by atoms with Gasteiger partial charge in [-0.05, 0) is 48.2 Å². The van der Waals surface area contributed by atoms with E-state index in [1.807, 2.05) is 0 Å². The second-order valence-electron chi connectivity index (χ2n) is 3.77. The molecule has 0 fully saturated rings. The number of hydrogen-bond acceptors (Lipinski definition) is 4. The van der Waals surface area contributed by atoms with Crippen LogP contribution >= 0.6 is 23.4 Å². The number of benzene rings is 2. The summed E-state index contributed by atoms with van der Waals surface area (Å²) in [4.78, 5) is 22.5. The average molecular weight is 309 g/mol.